The molecule has 1 aliphatic heterocycles. The highest BCUT2D eigenvalue weighted by Gasteiger charge is 2.28. The quantitative estimate of drug-likeness (QED) is 0.190. The number of piperidine rings is 1. The fourth-order valence-corrected chi connectivity index (χ4v) is 8.78. The van der Waals surface area contributed by atoms with Crippen molar-refractivity contribution in [3.63, 3.8) is 0 Å². The van der Waals surface area contributed by atoms with Crippen LogP contribution in [-0.4, -0.2) is 19.4 Å². The number of nitrogens with zero attached hydrogens (tertiary/aromatic N) is 1. The number of carbonyl (C=O) groups excluding carboxylic acids is 1. The van der Waals surface area contributed by atoms with E-state index in [1.54, 1.807) is 0 Å². The molecular formula is C44H31NO. The summed E-state index contributed by atoms with van der Waals surface area (Å²) in [5.41, 5.74) is 7.10. The normalized spacial score (nSPS) is 14.1. The van der Waals surface area contributed by atoms with Gasteiger partial charge in [-0.2, -0.15) is 0 Å². The lowest BCUT2D eigenvalue weighted by Gasteiger charge is -2.30. The van der Waals surface area contributed by atoms with Crippen molar-refractivity contribution in [2.75, 3.05) is 18.0 Å². The minimum Gasteiger partial charge on any atom is -0.371 e. The molecule has 0 saturated carbocycles. The Morgan fingerprint density at radius 2 is 0.891 bits per heavy atom. The summed E-state index contributed by atoms with van der Waals surface area (Å²) >= 11 is 0. The maximum Gasteiger partial charge on any atom is 0.150 e. The molecule has 0 aliphatic carbocycles. The zero-order valence-corrected chi connectivity index (χ0v) is 25.5. The van der Waals surface area contributed by atoms with Gasteiger partial charge in [0.2, 0.25) is 0 Å². The Morgan fingerprint density at radius 1 is 0.413 bits per heavy atom. The zero-order valence-electron chi connectivity index (χ0n) is 25.5. The van der Waals surface area contributed by atoms with Crippen LogP contribution < -0.4 is 4.90 Å². The van der Waals surface area contributed by atoms with E-state index in [1.807, 2.05) is 6.07 Å². The second kappa shape index (κ2) is 9.76. The topological polar surface area (TPSA) is 20.3 Å². The van der Waals surface area contributed by atoms with E-state index in [4.69, 9.17) is 0 Å². The maximum atomic E-state index is 12.3. The highest BCUT2D eigenvalue weighted by atomic mass is 16.1. The van der Waals surface area contributed by atoms with Crippen molar-refractivity contribution in [1.29, 1.82) is 0 Å². The van der Waals surface area contributed by atoms with Gasteiger partial charge in [-0.15, -0.1) is 0 Å². The highest BCUT2D eigenvalue weighted by molar-refractivity contribution is 6.47. The third-order valence-electron chi connectivity index (χ3n) is 10.6. The summed E-state index contributed by atoms with van der Waals surface area (Å²) in [6.07, 6.45) is 4.82. The van der Waals surface area contributed by atoms with Gasteiger partial charge in [-0.1, -0.05) is 115 Å². The Bertz CT molecular complexity index is 2520. The van der Waals surface area contributed by atoms with Gasteiger partial charge >= 0.3 is 0 Å². The van der Waals surface area contributed by atoms with Crippen LogP contribution in [0.5, 0.6) is 0 Å². The number of anilines is 1. The van der Waals surface area contributed by atoms with Crippen LogP contribution in [0.15, 0.2) is 121 Å². The second-order valence-corrected chi connectivity index (χ2v) is 12.9. The van der Waals surface area contributed by atoms with E-state index in [9.17, 15) is 4.79 Å². The molecule has 9 aromatic carbocycles. The number of benzene rings is 7. The van der Waals surface area contributed by atoms with Gasteiger partial charge < -0.3 is 4.90 Å². The molecule has 218 valence electrons. The van der Waals surface area contributed by atoms with Crippen LogP contribution >= 0.6 is 0 Å². The molecule has 0 aromatic heterocycles. The van der Waals surface area contributed by atoms with Crippen LogP contribution in [0.1, 0.15) is 29.6 Å². The monoisotopic (exact) mass is 589 g/mol. The fourth-order valence-electron chi connectivity index (χ4n) is 8.78. The fraction of sp³-hybridized carbons (Fsp3) is 0.114. The van der Waals surface area contributed by atoms with E-state index in [1.165, 1.54) is 106 Å². The van der Waals surface area contributed by atoms with Gasteiger partial charge in [-0.05, 0) is 107 Å². The summed E-state index contributed by atoms with van der Waals surface area (Å²) in [4.78, 5) is 14.9. The van der Waals surface area contributed by atoms with Crippen LogP contribution in [0.4, 0.5) is 5.69 Å². The standard InChI is InChI=1S/C44H31NO/c46-26-29-20-21-34-39-30(29)16-10-18-32(39)41-37(27-12-4-1-5-13-27)44-35-22-23-36(45-24-8-3-9-25-45)31-17-11-19-33(40(31)35)42(44)38(43(34)41)28-14-6-2-7-15-28/h1-2,4-7,10-23,26H,3,8-9,24-25H2. The van der Waals surface area contributed by atoms with Crippen LogP contribution in [0.25, 0.3) is 86.9 Å². The number of rotatable bonds is 4. The lowest BCUT2D eigenvalue weighted by atomic mass is 9.87. The maximum absolute atomic E-state index is 12.3. The highest BCUT2D eigenvalue weighted by Crippen LogP contribution is 2.56. The van der Waals surface area contributed by atoms with E-state index in [0.29, 0.717) is 0 Å². The molecule has 0 unspecified atom stereocenters. The number of aldehydes is 1. The molecule has 10 rings (SSSR count). The summed E-state index contributed by atoms with van der Waals surface area (Å²) in [5.74, 6) is 0. The average Bonchev–Trinajstić information content (AvgIpc) is 3.64. The Labute approximate surface area is 267 Å². The van der Waals surface area contributed by atoms with Crippen molar-refractivity contribution in [2.24, 2.45) is 0 Å². The molecule has 46 heavy (non-hydrogen) atoms. The van der Waals surface area contributed by atoms with Gasteiger partial charge in [-0.3, -0.25) is 4.79 Å². The van der Waals surface area contributed by atoms with Gasteiger partial charge in [-0.25, -0.2) is 0 Å². The van der Waals surface area contributed by atoms with Crippen molar-refractivity contribution in [1.82, 2.24) is 0 Å². The summed E-state index contributed by atoms with van der Waals surface area (Å²) in [6.45, 7) is 2.24. The molecule has 2 heteroatoms. The molecule has 0 bridgehead atoms. The molecule has 2 nitrogen and oxygen atoms in total. The van der Waals surface area contributed by atoms with Crippen molar-refractivity contribution in [3.8, 4) is 22.3 Å². The summed E-state index contributed by atoms with van der Waals surface area (Å²) in [6, 6.07) is 44.3. The molecule has 1 aliphatic rings. The molecule has 1 saturated heterocycles. The predicted octanol–water partition coefficient (Wildman–Crippen LogP) is 11.6. The van der Waals surface area contributed by atoms with Crippen LogP contribution in [-0.2, 0) is 0 Å². The first-order chi connectivity index (χ1) is 22.8. The smallest absolute Gasteiger partial charge is 0.150 e. The van der Waals surface area contributed by atoms with Crippen molar-refractivity contribution in [3.05, 3.63) is 127 Å². The molecule has 1 fully saturated rings. The van der Waals surface area contributed by atoms with Gasteiger partial charge in [0.25, 0.3) is 0 Å². The molecule has 0 radical (unpaired) electrons. The van der Waals surface area contributed by atoms with Crippen molar-refractivity contribution in [2.45, 2.75) is 19.3 Å². The zero-order chi connectivity index (χ0) is 30.4. The lowest BCUT2D eigenvalue weighted by Crippen LogP contribution is -2.29. The van der Waals surface area contributed by atoms with Crippen LogP contribution in [0, 0.1) is 0 Å². The first-order valence-electron chi connectivity index (χ1n) is 16.5. The average molecular weight is 590 g/mol. The van der Waals surface area contributed by atoms with Crippen molar-refractivity contribution >= 4 is 76.6 Å². The molecule has 1 heterocycles. The van der Waals surface area contributed by atoms with Crippen LogP contribution in [0.2, 0.25) is 0 Å². The Kier molecular flexibility index (Phi) is 5.48. The van der Waals surface area contributed by atoms with Gasteiger partial charge in [0.15, 0.2) is 6.29 Å². The van der Waals surface area contributed by atoms with Gasteiger partial charge in [0, 0.05) is 29.7 Å². The van der Waals surface area contributed by atoms with Gasteiger partial charge in [0.1, 0.15) is 0 Å². The van der Waals surface area contributed by atoms with E-state index in [2.05, 4.69) is 120 Å². The Hall–Kier alpha value is -5.47. The summed E-state index contributed by atoms with van der Waals surface area (Å²) in [7, 11) is 0. The number of hydrogen-bond donors (Lipinski definition) is 0. The molecule has 0 amide bonds. The minimum atomic E-state index is 0.740. The first kappa shape index (κ1) is 25.8. The molecule has 0 spiro atoms. The van der Waals surface area contributed by atoms with Gasteiger partial charge in [0.05, 0.1) is 0 Å². The van der Waals surface area contributed by atoms with E-state index in [0.717, 1.165) is 30.3 Å². The largest absolute Gasteiger partial charge is 0.371 e. The number of hydrogen-bond acceptors (Lipinski definition) is 2. The first-order valence-corrected chi connectivity index (χ1v) is 16.5. The SMILES string of the molecule is O=Cc1ccc2c3c(-c4ccccc4)c4c5cccc6c(N7CCCCC7)ccc(c4c(-c4ccccc4)c3c3cccc1c23)c65. The van der Waals surface area contributed by atoms with E-state index < -0.39 is 0 Å². The molecule has 0 N–H and O–H groups in total. The van der Waals surface area contributed by atoms with E-state index in [-0.39, 0.29) is 0 Å². The molecular weight excluding hydrogens is 558 g/mol. The number of carbonyl (C=O) groups is 1. The Balaban J connectivity index is 1.52. The Morgan fingerprint density at radius 3 is 1.46 bits per heavy atom. The summed E-state index contributed by atoms with van der Waals surface area (Å²) in [5, 5.41) is 15.2. The second-order valence-electron chi connectivity index (χ2n) is 12.9. The molecule has 9 aromatic rings. The van der Waals surface area contributed by atoms with Crippen molar-refractivity contribution < 1.29 is 4.79 Å². The lowest BCUT2D eigenvalue weighted by molar-refractivity contribution is 0.112. The third-order valence-corrected chi connectivity index (χ3v) is 10.6. The number of fused-ring (bicyclic) bond motifs is 6. The van der Waals surface area contributed by atoms with E-state index >= 15 is 0 Å². The van der Waals surface area contributed by atoms with Crippen LogP contribution in [0.3, 0.4) is 0 Å². The third kappa shape index (κ3) is 3.39. The minimum absolute atomic E-state index is 0.740. The molecule has 0 atom stereocenters. The predicted molar refractivity (Wildman–Crippen MR) is 196 cm³/mol. The summed E-state index contributed by atoms with van der Waals surface area (Å²) < 4.78 is 0.